The van der Waals surface area contributed by atoms with Crippen LogP contribution < -0.4 is 5.32 Å². The van der Waals surface area contributed by atoms with E-state index in [4.69, 9.17) is 5.11 Å². The molecular formula is C9H13F2NO4. The predicted molar refractivity (Wildman–Crippen MR) is 49.2 cm³/mol. The minimum atomic E-state index is -2.56. The van der Waals surface area contributed by atoms with Crippen molar-refractivity contribution in [2.24, 2.45) is 0 Å². The van der Waals surface area contributed by atoms with Gasteiger partial charge in [0.05, 0.1) is 6.61 Å². The standard InChI is InChI=1S/C9H13F2NO4/c10-6(11)5-16-4-1-7(13)12-9(2-3-9)8(14)15/h6H,1-5H2,(H,12,13)(H,14,15). The molecule has 1 saturated carbocycles. The Morgan fingerprint density at radius 1 is 1.44 bits per heavy atom. The van der Waals surface area contributed by atoms with Crippen molar-refractivity contribution in [1.29, 1.82) is 0 Å². The molecule has 0 radical (unpaired) electrons. The minimum absolute atomic E-state index is 0.109. The van der Waals surface area contributed by atoms with Crippen molar-refractivity contribution in [1.82, 2.24) is 5.32 Å². The van der Waals surface area contributed by atoms with Crippen LogP contribution in [0.5, 0.6) is 0 Å². The molecule has 0 aliphatic heterocycles. The first kappa shape index (κ1) is 12.8. The molecule has 0 heterocycles. The Morgan fingerprint density at radius 2 is 2.06 bits per heavy atom. The molecule has 0 aromatic rings. The Bertz CT molecular complexity index is 279. The highest BCUT2D eigenvalue weighted by atomic mass is 19.3. The summed E-state index contributed by atoms with van der Waals surface area (Å²) < 4.78 is 27.8. The summed E-state index contributed by atoms with van der Waals surface area (Å²) in [7, 11) is 0. The van der Waals surface area contributed by atoms with E-state index in [9.17, 15) is 18.4 Å². The topological polar surface area (TPSA) is 75.6 Å². The summed E-state index contributed by atoms with van der Waals surface area (Å²) in [5.74, 6) is -1.55. The van der Waals surface area contributed by atoms with Crippen LogP contribution in [0.15, 0.2) is 0 Å². The van der Waals surface area contributed by atoms with Crippen LogP contribution in [0, 0.1) is 0 Å². The van der Waals surface area contributed by atoms with Crippen molar-refractivity contribution < 1.29 is 28.2 Å². The van der Waals surface area contributed by atoms with Crippen molar-refractivity contribution >= 4 is 11.9 Å². The van der Waals surface area contributed by atoms with Crippen LogP contribution in [-0.4, -0.2) is 42.2 Å². The Kier molecular flexibility index (Phi) is 4.17. The molecule has 0 bridgehead atoms. The van der Waals surface area contributed by atoms with Gasteiger partial charge >= 0.3 is 5.97 Å². The van der Waals surface area contributed by atoms with Crippen LogP contribution in [0.4, 0.5) is 8.78 Å². The molecule has 0 saturated heterocycles. The molecule has 0 aromatic carbocycles. The summed E-state index contributed by atoms with van der Waals surface area (Å²) in [4.78, 5) is 21.9. The van der Waals surface area contributed by atoms with Gasteiger partial charge in [0, 0.05) is 6.42 Å². The summed E-state index contributed by atoms with van der Waals surface area (Å²) in [6.45, 7) is -0.844. The lowest BCUT2D eigenvalue weighted by Gasteiger charge is -2.12. The second-order valence-corrected chi connectivity index (χ2v) is 3.65. The molecule has 1 amide bonds. The zero-order chi connectivity index (χ0) is 12.2. The molecule has 2 N–H and O–H groups in total. The van der Waals surface area contributed by atoms with Gasteiger partial charge in [-0.15, -0.1) is 0 Å². The summed E-state index contributed by atoms with van der Waals surface area (Å²) >= 11 is 0. The number of ether oxygens (including phenoxy) is 1. The van der Waals surface area contributed by atoms with Gasteiger partial charge in [-0.2, -0.15) is 0 Å². The third-order valence-electron chi connectivity index (χ3n) is 2.26. The molecule has 1 aliphatic carbocycles. The van der Waals surface area contributed by atoms with Crippen LogP contribution >= 0.6 is 0 Å². The van der Waals surface area contributed by atoms with Gasteiger partial charge < -0.3 is 15.2 Å². The average molecular weight is 237 g/mol. The summed E-state index contributed by atoms with van der Waals surface area (Å²) in [5.41, 5.74) is -1.13. The SMILES string of the molecule is O=C(CCOCC(F)F)NC1(C(=O)O)CC1. The van der Waals surface area contributed by atoms with Gasteiger partial charge in [0.2, 0.25) is 5.91 Å². The normalized spacial score (nSPS) is 17.2. The maximum Gasteiger partial charge on any atom is 0.329 e. The minimum Gasteiger partial charge on any atom is -0.480 e. The quantitative estimate of drug-likeness (QED) is 0.628. The number of halogens is 2. The van der Waals surface area contributed by atoms with E-state index in [1.54, 1.807) is 0 Å². The van der Waals surface area contributed by atoms with Crippen LogP contribution in [0.1, 0.15) is 19.3 Å². The first-order valence-electron chi connectivity index (χ1n) is 4.86. The molecule has 0 atom stereocenters. The number of hydrogen-bond donors (Lipinski definition) is 2. The summed E-state index contributed by atoms with van der Waals surface area (Å²) in [5, 5.41) is 11.1. The van der Waals surface area contributed by atoms with E-state index in [1.165, 1.54) is 0 Å². The van der Waals surface area contributed by atoms with Gasteiger partial charge in [0.1, 0.15) is 12.1 Å². The molecule has 16 heavy (non-hydrogen) atoms. The Balaban J connectivity index is 2.14. The largest absolute Gasteiger partial charge is 0.480 e. The number of carboxylic acid groups (broad SMARTS) is 1. The summed E-state index contributed by atoms with van der Waals surface area (Å²) in [6.07, 6.45) is -1.85. The van der Waals surface area contributed by atoms with E-state index < -0.39 is 30.4 Å². The number of amides is 1. The number of nitrogens with one attached hydrogen (secondary N) is 1. The molecular weight excluding hydrogens is 224 g/mol. The van der Waals surface area contributed by atoms with Crippen molar-refractivity contribution in [3.8, 4) is 0 Å². The molecule has 7 heteroatoms. The molecule has 0 spiro atoms. The van der Waals surface area contributed by atoms with Crippen molar-refractivity contribution in [3.05, 3.63) is 0 Å². The number of carbonyl (C=O) groups is 2. The average Bonchev–Trinajstić information content (AvgIpc) is 2.93. The van der Waals surface area contributed by atoms with Gasteiger partial charge in [-0.1, -0.05) is 0 Å². The number of carboxylic acids is 1. The van der Waals surface area contributed by atoms with E-state index in [2.05, 4.69) is 10.1 Å². The number of aliphatic carboxylic acids is 1. The Morgan fingerprint density at radius 3 is 2.50 bits per heavy atom. The van der Waals surface area contributed by atoms with Crippen molar-refractivity contribution in [2.75, 3.05) is 13.2 Å². The van der Waals surface area contributed by atoms with Crippen molar-refractivity contribution in [3.63, 3.8) is 0 Å². The Hall–Kier alpha value is -1.24. The van der Waals surface area contributed by atoms with E-state index in [1.807, 2.05) is 0 Å². The zero-order valence-corrected chi connectivity index (χ0v) is 8.54. The van der Waals surface area contributed by atoms with Crippen LogP contribution in [0.2, 0.25) is 0 Å². The molecule has 0 aromatic heterocycles. The first-order chi connectivity index (χ1) is 7.46. The molecule has 1 fully saturated rings. The van der Waals surface area contributed by atoms with Crippen molar-refractivity contribution in [2.45, 2.75) is 31.2 Å². The second-order valence-electron chi connectivity index (χ2n) is 3.65. The lowest BCUT2D eigenvalue weighted by Crippen LogP contribution is -2.43. The number of rotatable bonds is 7. The Labute approximate surface area is 90.8 Å². The lowest BCUT2D eigenvalue weighted by atomic mass is 10.2. The van der Waals surface area contributed by atoms with Gasteiger partial charge in [-0.25, -0.2) is 13.6 Å². The molecule has 0 unspecified atom stereocenters. The maximum atomic E-state index is 11.6. The number of hydrogen-bond acceptors (Lipinski definition) is 3. The van der Waals surface area contributed by atoms with Gasteiger partial charge in [0.25, 0.3) is 6.43 Å². The maximum absolute atomic E-state index is 11.6. The molecule has 1 aliphatic rings. The van der Waals surface area contributed by atoms with Crippen LogP contribution in [-0.2, 0) is 14.3 Å². The fraction of sp³-hybridized carbons (Fsp3) is 0.778. The third kappa shape index (κ3) is 3.73. The van der Waals surface area contributed by atoms with E-state index in [0.29, 0.717) is 12.8 Å². The monoisotopic (exact) mass is 237 g/mol. The van der Waals surface area contributed by atoms with Gasteiger partial charge in [0.15, 0.2) is 0 Å². The number of carbonyl (C=O) groups excluding carboxylic acids is 1. The third-order valence-corrected chi connectivity index (χ3v) is 2.26. The van der Waals surface area contributed by atoms with Crippen LogP contribution in [0.25, 0.3) is 0 Å². The van der Waals surface area contributed by atoms with Crippen LogP contribution in [0.3, 0.4) is 0 Å². The molecule has 5 nitrogen and oxygen atoms in total. The predicted octanol–water partition coefficient (Wildman–Crippen LogP) is 0.392. The highest BCUT2D eigenvalue weighted by Crippen LogP contribution is 2.35. The zero-order valence-electron chi connectivity index (χ0n) is 8.54. The highest BCUT2D eigenvalue weighted by Gasteiger charge is 2.51. The second kappa shape index (κ2) is 5.20. The summed E-state index contributed by atoms with van der Waals surface area (Å²) in [6, 6.07) is 0. The van der Waals surface area contributed by atoms with Gasteiger partial charge in [-0.3, -0.25) is 4.79 Å². The van der Waals surface area contributed by atoms with E-state index in [0.717, 1.165) is 0 Å². The number of alkyl halides is 2. The first-order valence-corrected chi connectivity index (χ1v) is 4.86. The smallest absolute Gasteiger partial charge is 0.329 e. The van der Waals surface area contributed by atoms with Gasteiger partial charge in [-0.05, 0) is 12.8 Å². The van der Waals surface area contributed by atoms with E-state index in [-0.39, 0.29) is 13.0 Å². The molecule has 92 valence electrons. The highest BCUT2D eigenvalue weighted by molar-refractivity contribution is 5.89. The fourth-order valence-corrected chi connectivity index (χ4v) is 1.18. The molecule has 1 rings (SSSR count). The van der Waals surface area contributed by atoms with E-state index >= 15 is 0 Å². The fourth-order valence-electron chi connectivity index (χ4n) is 1.18. The lowest BCUT2D eigenvalue weighted by molar-refractivity contribution is -0.143.